The van der Waals surface area contributed by atoms with Crippen molar-refractivity contribution in [1.29, 1.82) is 0 Å². The average molecular weight is 634 g/mol. The number of aromatic nitrogens is 3. The van der Waals surface area contributed by atoms with Crippen LogP contribution in [0.4, 0.5) is 0 Å². The highest BCUT2D eigenvalue weighted by Crippen LogP contribution is 2.56. The molecule has 6 aromatic carbocycles. The second kappa shape index (κ2) is 13.1. The lowest BCUT2D eigenvalue weighted by molar-refractivity contribution is 0.436. The van der Waals surface area contributed by atoms with Gasteiger partial charge < -0.3 is 0 Å². The number of hydrogen-bond acceptors (Lipinski definition) is 3. The fourth-order valence-corrected chi connectivity index (χ4v) is 7.90. The van der Waals surface area contributed by atoms with Crippen molar-refractivity contribution in [3.8, 4) is 67.5 Å². The topological polar surface area (TPSA) is 38.7 Å². The van der Waals surface area contributed by atoms with Crippen molar-refractivity contribution in [2.24, 2.45) is 0 Å². The average Bonchev–Trinajstić information content (AvgIpc) is 3.45. The molecule has 3 heteroatoms. The van der Waals surface area contributed by atoms with E-state index in [1.54, 1.807) is 0 Å². The number of benzene rings is 6. The van der Waals surface area contributed by atoms with Gasteiger partial charge in [-0.3, -0.25) is 0 Å². The van der Waals surface area contributed by atoms with Gasteiger partial charge >= 0.3 is 0 Å². The van der Waals surface area contributed by atoms with Gasteiger partial charge in [0.05, 0.1) is 0 Å². The molecule has 0 amide bonds. The highest BCUT2D eigenvalue weighted by atomic mass is 15.0. The Morgan fingerprint density at radius 1 is 0.388 bits per heavy atom. The molecule has 1 heterocycles. The third-order valence-electron chi connectivity index (χ3n) is 9.98. The summed E-state index contributed by atoms with van der Waals surface area (Å²) in [7, 11) is 0. The first-order valence-corrected chi connectivity index (χ1v) is 17.5. The normalized spacial score (nSPS) is 12.8. The maximum absolute atomic E-state index is 5.28. The molecule has 0 aliphatic heterocycles. The molecule has 1 aliphatic rings. The number of rotatable bonds is 9. The Hall–Kier alpha value is -5.67. The first kappa shape index (κ1) is 30.7. The van der Waals surface area contributed by atoms with Crippen LogP contribution in [-0.2, 0) is 5.41 Å². The summed E-state index contributed by atoms with van der Waals surface area (Å²) in [6, 6.07) is 53.8. The summed E-state index contributed by atoms with van der Waals surface area (Å²) < 4.78 is 0. The lowest BCUT2D eigenvalue weighted by Crippen LogP contribution is -2.24. The zero-order chi connectivity index (χ0) is 33.2. The zero-order valence-electron chi connectivity index (χ0n) is 28.1. The molecule has 0 saturated carbocycles. The van der Waals surface area contributed by atoms with Crippen molar-refractivity contribution in [1.82, 2.24) is 15.0 Å². The Morgan fingerprint density at radius 3 is 1.39 bits per heavy atom. The Morgan fingerprint density at radius 2 is 0.816 bits per heavy atom. The van der Waals surface area contributed by atoms with Crippen LogP contribution in [0.5, 0.6) is 0 Å². The van der Waals surface area contributed by atoms with E-state index in [0.717, 1.165) is 64.6 Å². The van der Waals surface area contributed by atoms with E-state index in [4.69, 9.17) is 15.0 Å². The molecular weight excluding hydrogens is 595 g/mol. The van der Waals surface area contributed by atoms with Gasteiger partial charge in [0.2, 0.25) is 0 Å². The maximum atomic E-state index is 5.28. The van der Waals surface area contributed by atoms with E-state index in [2.05, 4.69) is 153 Å². The summed E-state index contributed by atoms with van der Waals surface area (Å²) in [4.78, 5) is 15.7. The predicted octanol–water partition coefficient (Wildman–Crippen LogP) is 12.1. The first-order chi connectivity index (χ1) is 24.2. The summed E-state index contributed by atoms with van der Waals surface area (Å²) >= 11 is 0. The minimum Gasteiger partial charge on any atom is -0.208 e. The lowest BCUT2D eigenvalue weighted by Gasteiger charge is -2.32. The molecule has 0 radical (unpaired) electrons. The Kier molecular flexibility index (Phi) is 8.19. The number of hydrogen-bond donors (Lipinski definition) is 0. The largest absolute Gasteiger partial charge is 0.208 e. The van der Waals surface area contributed by atoms with Gasteiger partial charge in [0, 0.05) is 22.1 Å². The van der Waals surface area contributed by atoms with E-state index >= 15 is 0 Å². The Balaban J connectivity index is 1.35. The summed E-state index contributed by atoms with van der Waals surface area (Å²) in [5.41, 5.74) is 12.9. The van der Waals surface area contributed by atoms with Crippen molar-refractivity contribution >= 4 is 0 Å². The minimum atomic E-state index is -0.0157. The molecule has 7 aromatic rings. The quantitative estimate of drug-likeness (QED) is 0.159. The third-order valence-corrected chi connectivity index (χ3v) is 9.98. The predicted molar refractivity (Wildman–Crippen MR) is 203 cm³/mol. The molecule has 0 atom stereocenters. The number of nitrogens with zero attached hydrogens (tertiary/aromatic N) is 3. The van der Waals surface area contributed by atoms with Crippen LogP contribution in [0, 0.1) is 0 Å². The summed E-state index contributed by atoms with van der Waals surface area (Å²) in [6.45, 7) is 4.61. The van der Waals surface area contributed by atoms with E-state index in [1.807, 2.05) is 12.1 Å². The summed E-state index contributed by atoms with van der Waals surface area (Å²) in [5, 5.41) is 0. The van der Waals surface area contributed by atoms with E-state index in [-0.39, 0.29) is 5.41 Å². The van der Waals surface area contributed by atoms with Crippen molar-refractivity contribution in [3.63, 3.8) is 0 Å². The SMILES string of the molecule is CCCC1(CCC)c2ccccc2-c2c(-c3nc(-c4cccc(-c5ccccc5)c4)nc(-c4cccc(-c5ccccc5)c4)n3)cccc21. The molecule has 0 bridgehead atoms. The standard InChI is InChI=1S/C46H39N3/c1-3-28-46(29-4-2)40-26-12-11-24-38(40)42-39(25-15-27-41(42)46)45-48-43(36-22-13-20-34(30-36)32-16-7-5-8-17-32)47-44(49-45)37-23-14-21-35(31-37)33-18-9-6-10-19-33/h5-27,30-31H,3-4,28-29H2,1-2H3. The molecule has 0 fully saturated rings. The maximum Gasteiger partial charge on any atom is 0.164 e. The lowest BCUT2D eigenvalue weighted by atomic mass is 9.71. The van der Waals surface area contributed by atoms with Crippen molar-refractivity contribution in [3.05, 3.63) is 163 Å². The van der Waals surface area contributed by atoms with Crippen LogP contribution in [0.25, 0.3) is 67.5 Å². The molecule has 1 aromatic heterocycles. The smallest absolute Gasteiger partial charge is 0.164 e. The fraction of sp³-hybridized carbons (Fsp3) is 0.152. The Labute approximate surface area is 289 Å². The van der Waals surface area contributed by atoms with E-state index in [0.29, 0.717) is 17.5 Å². The number of fused-ring (bicyclic) bond motifs is 3. The van der Waals surface area contributed by atoms with Crippen LogP contribution in [0.1, 0.15) is 50.7 Å². The molecule has 0 N–H and O–H groups in total. The minimum absolute atomic E-state index is 0.0157. The van der Waals surface area contributed by atoms with Crippen molar-refractivity contribution < 1.29 is 0 Å². The highest BCUT2D eigenvalue weighted by molar-refractivity contribution is 5.91. The van der Waals surface area contributed by atoms with Crippen LogP contribution < -0.4 is 0 Å². The van der Waals surface area contributed by atoms with Gasteiger partial charge in [-0.25, -0.2) is 15.0 Å². The highest BCUT2D eigenvalue weighted by Gasteiger charge is 2.42. The third kappa shape index (κ3) is 5.55. The van der Waals surface area contributed by atoms with Crippen LogP contribution in [0.2, 0.25) is 0 Å². The van der Waals surface area contributed by atoms with Crippen molar-refractivity contribution in [2.45, 2.75) is 44.9 Å². The van der Waals surface area contributed by atoms with E-state index in [1.165, 1.54) is 22.3 Å². The molecule has 49 heavy (non-hydrogen) atoms. The van der Waals surface area contributed by atoms with Gasteiger partial charge in [0.1, 0.15) is 0 Å². The molecule has 0 spiro atoms. The van der Waals surface area contributed by atoms with Gasteiger partial charge in [-0.1, -0.05) is 166 Å². The second-order valence-corrected chi connectivity index (χ2v) is 13.1. The molecule has 1 aliphatic carbocycles. The van der Waals surface area contributed by atoms with Gasteiger partial charge in [-0.15, -0.1) is 0 Å². The van der Waals surface area contributed by atoms with E-state index in [9.17, 15) is 0 Å². The van der Waals surface area contributed by atoms with Crippen LogP contribution in [0.15, 0.2) is 152 Å². The van der Waals surface area contributed by atoms with Crippen molar-refractivity contribution in [2.75, 3.05) is 0 Å². The van der Waals surface area contributed by atoms with Gasteiger partial charge in [-0.2, -0.15) is 0 Å². The molecule has 0 unspecified atom stereocenters. The fourth-order valence-electron chi connectivity index (χ4n) is 7.90. The van der Waals surface area contributed by atoms with Crippen LogP contribution in [0.3, 0.4) is 0 Å². The van der Waals surface area contributed by atoms with Crippen LogP contribution in [-0.4, -0.2) is 15.0 Å². The van der Waals surface area contributed by atoms with Crippen LogP contribution >= 0.6 is 0 Å². The van der Waals surface area contributed by atoms with E-state index < -0.39 is 0 Å². The monoisotopic (exact) mass is 633 g/mol. The van der Waals surface area contributed by atoms with Gasteiger partial charge in [0.15, 0.2) is 17.5 Å². The molecule has 8 rings (SSSR count). The summed E-state index contributed by atoms with van der Waals surface area (Å²) in [6.07, 6.45) is 4.46. The Bertz CT molecular complexity index is 2150. The molecular formula is C46H39N3. The molecule has 0 saturated heterocycles. The molecule has 238 valence electrons. The van der Waals surface area contributed by atoms with Gasteiger partial charge in [0.25, 0.3) is 0 Å². The first-order valence-electron chi connectivity index (χ1n) is 17.5. The second-order valence-electron chi connectivity index (χ2n) is 13.1. The summed E-state index contributed by atoms with van der Waals surface area (Å²) in [5.74, 6) is 2.03. The molecule has 3 nitrogen and oxygen atoms in total. The van der Waals surface area contributed by atoms with Gasteiger partial charge in [-0.05, 0) is 69.5 Å². The zero-order valence-corrected chi connectivity index (χ0v) is 28.1.